The van der Waals surface area contributed by atoms with Gasteiger partial charge in [0.25, 0.3) is 0 Å². The Balaban J connectivity index is 1.32. The van der Waals surface area contributed by atoms with Crippen LogP contribution in [0, 0.1) is 0 Å². The van der Waals surface area contributed by atoms with E-state index in [4.69, 9.17) is 4.42 Å². The van der Waals surface area contributed by atoms with Crippen LogP contribution in [0.1, 0.15) is 17.5 Å². The maximum Gasteiger partial charge on any atom is 0.309 e. The van der Waals surface area contributed by atoms with E-state index in [1.807, 2.05) is 36.4 Å². The highest BCUT2D eigenvalue weighted by Crippen LogP contribution is 2.24. The smallest absolute Gasteiger partial charge is 0.309 e. The van der Waals surface area contributed by atoms with Crippen molar-refractivity contribution in [1.82, 2.24) is 20.5 Å². The Hall–Kier alpha value is -3.65. The van der Waals surface area contributed by atoms with Gasteiger partial charge in [-0.3, -0.25) is 19.5 Å². The van der Waals surface area contributed by atoms with E-state index in [9.17, 15) is 9.59 Å². The minimum atomic E-state index is -0.678. The number of pyridine rings is 1. The van der Waals surface area contributed by atoms with E-state index >= 15 is 0 Å². The van der Waals surface area contributed by atoms with Crippen LogP contribution < -0.4 is 15.5 Å². The second kappa shape index (κ2) is 10.6. The number of aromatic nitrogens is 1. The molecule has 1 fully saturated rings. The highest BCUT2D eigenvalue weighted by molar-refractivity contribution is 6.35. The van der Waals surface area contributed by atoms with Crippen molar-refractivity contribution in [2.45, 2.75) is 12.6 Å². The van der Waals surface area contributed by atoms with Gasteiger partial charge < -0.3 is 20.0 Å². The number of furan rings is 1. The third-order valence-corrected chi connectivity index (χ3v) is 5.57. The number of carbonyl (C=O) groups excluding carboxylic acids is 2. The number of piperazine rings is 1. The quantitative estimate of drug-likeness (QED) is 0.554. The van der Waals surface area contributed by atoms with E-state index in [0.29, 0.717) is 5.69 Å². The zero-order valence-corrected chi connectivity index (χ0v) is 17.8. The molecule has 3 aromatic rings. The van der Waals surface area contributed by atoms with Gasteiger partial charge in [0.1, 0.15) is 5.76 Å². The number of amides is 2. The first kappa shape index (κ1) is 21.6. The first-order valence-corrected chi connectivity index (χ1v) is 10.7. The van der Waals surface area contributed by atoms with Crippen molar-refractivity contribution in [3.8, 4) is 0 Å². The summed E-state index contributed by atoms with van der Waals surface area (Å²) in [4.78, 5) is 33.3. The molecule has 1 saturated heterocycles. The Kier molecular flexibility index (Phi) is 7.14. The molecule has 8 nitrogen and oxygen atoms in total. The second-order valence-corrected chi connectivity index (χ2v) is 7.60. The molecule has 1 unspecified atom stereocenters. The molecule has 8 heteroatoms. The van der Waals surface area contributed by atoms with Crippen molar-refractivity contribution in [3.05, 3.63) is 84.6 Å². The Morgan fingerprint density at radius 3 is 2.34 bits per heavy atom. The number of nitrogens with one attached hydrogen (secondary N) is 2. The van der Waals surface area contributed by atoms with Crippen molar-refractivity contribution in [1.29, 1.82) is 0 Å². The minimum absolute atomic E-state index is 0.143. The van der Waals surface area contributed by atoms with Gasteiger partial charge in [0.15, 0.2) is 0 Å². The lowest BCUT2D eigenvalue weighted by atomic mass is 10.1. The number of nitrogens with zero attached hydrogens (tertiary/aromatic N) is 3. The first-order chi connectivity index (χ1) is 15.7. The van der Waals surface area contributed by atoms with Crippen LogP contribution in [0.3, 0.4) is 0 Å². The maximum absolute atomic E-state index is 12.4. The average molecular weight is 434 g/mol. The Morgan fingerprint density at radius 2 is 1.66 bits per heavy atom. The van der Waals surface area contributed by atoms with Gasteiger partial charge >= 0.3 is 11.8 Å². The van der Waals surface area contributed by atoms with Gasteiger partial charge in [-0.1, -0.05) is 24.3 Å². The Morgan fingerprint density at radius 1 is 0.906 bits per heavy atom. The summed E-state index contributed by atoms with van der Waals surface area (Å²) >= 11 is 0. The SMILES string of the molecule is O=C(NCc1ccccn1)C(=O)NCC(c1ccco1)N1CCN(c2ccccc2)CC1. The molecule has 1 aliphatic heterocycles. The highest BCUT2D eigenvalue weighted by atomic mass is 16.3. The molecule has 166 valence electrons. The maximum atomic E-state index is 12.4. The molecular weight excluding hydrogens is 406 g/mol. The van der Waals surface area contributed by atoms with Gasteiger partial charge in [-0.15, -0.1) is 0 Å². The number of carbonyl (C=O) groups is 2. The van der Waals surface area contributed by atoms with Gasteiger partial charge in [0.05, 0.1) is 24.5 Å². The molecule has 1 aromatic carbocycles. The van der Waals surface area contributed by atoms with E-state index in [1.165, 1.54) is 5.69 Å². The highest BCUT2D eigenvalue weighted by Gasteiger charge is 2.28. The Labute approximate surface area is 187 Å². The predicted molar refractivity (Wildman–Crippen MR) is 121 cm³/mol. The fourth-order valence-corrected chi connectivity index (χ4v) is 3.84. The molecule has 3 heterocycles. The summed E-state index contributed by atoms with van der Waals surface area (Å²) in [5.41, 5.74) is 1.90. The predicted octanol–water partition coefficient (Wildman–Crippen LogP) is 1.97. The molecular formula is C24H27N5O3. The van der Waals surface area contributed by atoms with Crippen molar-refractivity contribution >= 4 is 17.5 Å². The number of anilines is 1. The summed E-state index contributed by atoms with van der Waals surface area (Å²) in [5, 5.41) is 5.36. The van der Waals surface area contributed by atoms with E-state index in [0.717, 1.165) is 31.9 Å². The van der Waals surface area contributed by atoms with E-state index in [1.54, 1.807) is 24.6 Å². The molecule has 1 atom stereocenters. The molecule has 32 heavy (non-hydrogen) atoms. The van der Waals surface area contributed by atoms with Crippen LogP contribution in [0.2, 0.25) is 0 Å². The summed E-state index contributed by atoms with van der Waals surface area (Å²) in [7, 11) is 0. The lowest BCUT2D eigenvalue weighted by Gasteiger charge is -2.39. The molecule has 0 saturated carbocycles. The van der Waals surface area contributed by atoms with Gasteiger partial charge in [-0.05, 0) is 36.4 Å². The molecule has 2 amide bonds. The molecule has 2 aromatic heterocycles. The lowest BCUT2D eigenvalue weighted by molar-refractivity contribution is -0.139. The third-order valence-electron chi connectivity index (χ3n) is 5.57. The number of rotatable bonds is 7. The van der Waals surface area contributed by atoms with Crippen LogP contribution in [0.5, 0.6) is 0 Å². The normalized spacial score (nSPS) is 15.2. The molecule has 4 rings (SSSR count). The summed E-state index contributed by atoms with van der Waals surface area (Å²) < 4.78 is 5.64. The third kappa shape index (κ3) is 5.53. The lowest BCUT2D eigenvalue weighted by Crippen LogP contribution is -2.50. The van der Waals surface area contributed by atoms with Crippen molar-refractivity contribution in [2.75, 3.05) is 37.6 Å². The van der Waals surface area contributed by atoms with Crippen molar-refractivity contribution in [2.24, 2.45) is 0 Å². The molecule has 0 bridgehead atoms. The Bertz CT molecular complexity index is 987. The zero-order valence-electron chi connectivity index (χ0n) is 17.8. The standard InChI is InChI=1S/C24H27N5O3/c30-23(26-17-19-7-4-5-11-25-19)24(31)27-18-21(22-10-6-16-32-22)29-14-12-28(13-15-29)20-8-2-1-3-9-20/h1-11,16,21H,12-15,17-18H2,(H,26,30)(H,27,31). The number of benzene rings is 1. The van der Waals surface area contributed by atoms with Crippen LogP contribution in [-0.2, 0) is 16.1 Å². The minimum Gasteiger partial charge on any atom is -0.468 e. The average Bonchev–Trinajstić information content (AvgIpc) is 3.39. The van der Waals surface area contributed by atoms with E-state index in [2.05, 4.69) is 37.6 Å². The van der Waals surface area contributed by atoms with Crippen LogP contribution in [0.25, 0.3) is 0 Å². The fourth-order valence-electron chi connectivity index (χ4n) is 3.84. The van der Waals surface area contributed by atoms with E-state index in [-0.39, 0.29) is 19.1 Å². The van der Waals surface area contributed by atoms with Gasteiger partial charge in [0, 0.05) is 44.6 Å². The summed E-state index contributed by atoms with van der Waals surface area (Å²) in [5.74, 6) is -0.574. The van der Waals surface area contributed by atoms with Crippen LogP contribution in [0.15, 0.2) is 77.5 Å². The fraction of sp³-hybridized carbons (Fsp3) is 0.292. The topological polar surface area (TPSA) is 90.7 Å². The van der Waals surface area contributed by atoms with Gasteiger partial charge in [-0.25, -0.2) is 0 Å². The van der Waals surface area contributed by atoms with Crippen molar-refractivity contribution in [3.63, 3.8) is 0 Å². The molecule has 0 radical (unpaired) electrons. The van der Waals surface area contributed by atoms with Crippen LogP contribution in [-0.4, -0.2) is 54.4 Å². The number of hydrogen-bond donors (Lipinski definition) is 2. The number of para-hydroxylation sites is 1. The first-order valence-electron chi connectivity index (χ1n) is 10.7. The summed E-state index contributed by atoms with van der Waals surface area (Å²) in [6.45, 7) is 3.88. The van der Waals surface area contributed by atoms with Crippen LogP contribution >= 0.6 is 0 Å². The molecule has 0 spiro atoms. The van der Waals surface area contributed by atoms with E-state index < -0.39 is 11.8 Å². The summed E-state index contributed by atoms with van der Waals surface area (Å²) in [6, 6.07) is 19.4. The molecule has 2 N–H and O–H groups in total. The van der Waals surface area contributed by atoms with Gasteiger partial charge in [-0.2, -0.15) is 0 Å². The van der Waals surface area contributed by atoms with Gasteiger partial charge in [0.2, 0.25) is 0 Å². The largest absolute Gasteiger partial charge is 0.468 e. The monoisotopic (exact) mass is 433 g/mol. The van der Waals surface area contributed by atoms with Crippen molar-refractivity contribution < 1.29 is 14.0 Å². The molecule has 1 aliphatic rings. The summed E-state index contributed by atoms with van der Waals surface area (Å²) in [6.07, 6.45) is 3.27. The molecule has 0 aliphatic carbocycles. The number of hydrogen-bond acceptors (Lipinski definition) is 6. The van der Waals surface area contributed by atoms with Crippen LogP contribution in [0.4, 0.5) is 5.69 Å². The second-order valence-electron chi connectivity index (χ2n) is 7.60. The zero-order chi connectivity index (χ0) is 22.2.